The molecule has 0 spiro atoms. The number of nitrogen functional groups attached to an aromatic ring is 1. The third-order valence-electron chi connectivity index (χ3n) is 2.53. The lowest BCUT2D eigenvalue weighted by Gasteiger charge is -2.06. The molecule has 2 rings (SSSR count). The van der Waals surface area contributed by atoms with E-state index < -0.39 is 5.97 Å². The number of pyridine rings is 1. The van der Waals surface area contributed by atoms with E-state index in [4.69, 9.17) is 10.8 Å². The molecule has 0 unspecified atom stereocenters. The number of rotatable bonds is 2. The molecule has 4 heteroatoms. The lowest BCUT2D eigenvalue weighted by molar-refractivity contribution is 0.0697. The summed E-state index contributed by atoms with van der Waals surface area (Å²) >= 11 is 0. The van der Waals surface area contributed by atoms with Gasteiger partial charge < -0.3 is 10.8 Å². The average molecular weight is 228 g/mol. The van der Waals surface area contributed by atoms with Crippen molar-refractivity contribution in [2.75, 3.05) is 5.73 Å². The number of nitrogens with two attached hydrogens (primary N) is 1. The highest BCUT2D eigenvalue weighted by Gasteiger charge is 2.07. The first-order chi connectivity index (χ1) is 8.08. The second-order valence-corrected chi connectivity index (χ2v) is 3.76. The molecule has 4 nitrogen and oxygen atoms in total. The van der Waals surface area contributed by atoms with Crippen molar-refractivity contribution in [2.45, 2.75) is 6.92 Å². The van der Waals surface area contributed by atoms with Crippen LogP contribution in [0.3, 0.4) is 0 Å². The van der Waals surface area contributed by atoms with Crippen molar-refractivity contribution in [1.29, 1.82) is 0 Å². The highest BCUT2D eigenvalue weighted by Crippen LogP contribution is 2.23. The Hall–Kier alpha value is -2.36. The second-order valence-electron chi connectivity index (χ2n) is 3.76. The maximum atomic E-state index is 10.9. The Kier molecular flexibility index (Phi) is 2.78. The molecule has 0 saturated carbocycles. The molecule has 0 aliphatic carbocycles. The van der Waals surface area contributed by atoms with Gasteiger partial charge in [0, 0.05) is 11.3 Å². The van der Waals surface area contributed by atoms with Gasteiger partial charge in [0.2, 0.25) is 0 Å². The van der Waals surface area contributed by atoms with Crippen LogP contribution in [0.15, 0.2) is 36.4 Å². The second kappa shape index (κ2) is 4.25. The molecular formula is C13H12N2O2. The molecule has 1 aromatic carbocycles. The van der Waals surface area contributed by atoms with Crippen LogP contribution in [0.1, 0.15) is 16.1 Å². The third-order valence-corrected chi connectivity index (χ3v) is 2.53. The van der Waals surface area contributed by atoms with E-state index >= 15 is 0 Å². The van der Waals surface area contributed by atoms with Crippen molar-refractivity contribution in [3.63, 3.8) is 0 Å². The number of nitrogens with zero attached hydrogens (tertiary/aromatic N) is 1. The summed E-state index contributed by atoms with van der Waals surface area (Å²) in [6.07, 6.45) is 0. The zero-order chi connectivity index (χ0) is 12.4. The van der Waals surface area contributed by atoms with Gasteiger partial charge in [-0.05, 0) is 36.8 Å². The first-order valence-corrected chi connectivity index (χ1v) is 5.15. The van der Waals surface area contributed by atoms with Crippen LogP contribution in [-0.2, 0) is 0 Å². The predicted octanol–water partition coefficient (Wildman–Crippen LogP) is 2.34. The zero-order valence-electron chi connectivity index (χ0n) is 9.34. The fraction of sp³-hybridized carbons (Fsp3) is 0.0769. The molecule has 0 bridgehead atoms. The Labute approximate surface area is 98.7 Å². The van der Waals surface area contributed by atoms with Crippen LogP contribution in [0.25, 0.3) is 11.1 Å². The van der Waals surface area contributed by atoms with Crippen molar-refractivity contribution in [2.24, 2.45) is 0 Å². The first kappa shape index (κ1) is 11.1. The molecule has 2 aromatic rings. The van der Waals surface area contributed by atoms with Gasteiger partial charge in [-0.1, -0.05) is 12.1 Å². The minimum absolute atomic E-state index is 0.263. The van der Waals surface area contributed by atoms with Gasteiger partial charge in [0.15, 0.2) is 0 Å². The summed E-state index contributed by atoms with van der Waals surface area (Å²) in [6.45, 7) is 1.85. The average Bonchev–Trinajstić information content (AvgIpc) is 2.29. The number of carbonyl (C=O) groups is 1. The monoisotopic (exact) mass is 228 g/mol. The number of hydrogen-bond donors (Lipinski definition) is 2. The Bertz CT molecular complexity index is 579. The van der Waals surface area contributed by atoms with Gasteiger partial charge in [-0.2, -0.15) is 0 Å². The van der Waals surface area contributed by atoms with E-state index in [1.165, 1.54) is 0 Å². The van der Waals surface area contributed by atoms with E-state index in [-0.39, 0.29) is 5.56 Å². The number of aromatic carboxylic acids is 1. The van der Waals surface area contributed by atoms with Crippen molar-refractivity contribution in [3.8, 4) is 11.1 Å². The van der Waals surface area contributed by atoms with Gasteiger partial charge in [0.25, 0.3) is 0 Å². The maximum Gasteiger partial charge on any atom is 0.335 e. The zero-order valence-corrected chi connectivity index (χ0v) is 9.34. The molecular weight excluding hydrogens is 216 g/mol. The van der Waals surface area contributed by atoms with Crippen LogP contribution in [0.4, 0.5) is 5.82 Å². The molecule has 0 radical (unpaired) electrons. The number of aromatic nitrogens is 1. The summed E-state index contributed by atoms with van der Waals surface area (Å²) in [5.41, 5.74) is 8.35. The molecule has 0 fully saturated rings. The van der Waals surface area contributed by atoms with Crippen molar-refractivity contribution < 1.29 is 9.90 Å². The Morgan fingerprint density at radius 2 is 2.06 bits per heavy atom. The van der Waals surface area contributed by atoms with Crippen molar-refractivity contribution in [1.82, 2.24) is 4.98 Å². The molecule has 86 valence electrons. The molecule has 17 heavy (non-hydrogen) atoms. The van der Waals surface area contributed by atoms with Crippen LogP contribution in [0.5, 0.6) is 0 Å². The topological polar surface area (TPSA) is 76.2 Å². The molecule has 0 aliphatic heterocycles. The number of benzene rings is 1. The molecule has 0 amide bonds. The fourth-order valence-corrected chi connectivity index (χ4v) is 1.71. The molecule has 1 aromatic heterocycles. The van der Waals surface area contributed by atoms with E-state index in [9.17, 15) is 4.79 Å². The quantitative estimate of drug-likeness (QED) is 0.827. The van der Waals surface area contributed by atoms with Crippen LogP contribution >= 0.6 is 0 Å². The largest absolute Gasteiger partial charge is 0.478 e. The van der Waals surface area contributed by atoms with Gasteiger partial charge >= 0.3 is 5.97 Å². The number of carboxylic acid groups (broad SMARTS) is 1. The highest BCUT2D eigenvalue weighted by atomic mass is 16.4. The summed E-state index contributed by atoms with van der Waals surface area (Å²) in [7, 11) is 0. The van der Waals surface area contributed by atoms with E-state index in [0.29, 0.717) is 5.82 Å². The van der Waals surface area contributed by atoms with Crippen LogP contribution in [0.2, 0.25) is 0 Å². The molecule has 1 heterocycles. The number of anilines is 1. The predicted molar refractivity (Wildman–Crippen MR) is 65.8 cm³/mol. The number of carboxylic acids is 1. The van der Waals surface area contributed by atoms with Crippen molar-refractivity contribution in [3.05, 3.63) is 47.7 Å². The maximum absolute atomic E-state index is 10.9. The number of hydrogen-bond acceptors (Lipinski definition) is 3. The summed E-state index contributed by atoms with van der Waals surface area (Å²) in [4.78, 5) is 15.0. The minimum atomic E-state index is -0.937. The summed E-state index contributed by atoms with van der Waals surface area (Å²) in [6, 6.07) is 10.3. The van der Waals surface area contributed by atoms with Gasteiger partial charge in [0.1, 0.15) is 5.82 Å². The van der Waals surface area contributed by atoms with Gasteiger partial charge in [-0.3, -0.25) is 0 Å². The van der Waals surface area contributed by atoms with Crippen LogP contribution < -0.4 is 5.73 Å². The lowest BCUT2D eigenvalue weighted by Crippen LogP contribution is -1.97. The van der Waals surface area contributed by atoms with Gasteiger partial charge in [-0.25, -0.2) is 9.78 Å². The van der Waals surface area contributed by atoms with E-state index in [1.807, 2.05) is 19.1 Å². The van der Waals surface area contributed by atoms with E-state index in [2.05, 4.69) is 4.98 Å². The van der Waals surface area contributed by atoms with E-state index in [0.717, 1.165) is 16.8 Å². The van der Waals surface area contributed by atoms with E-state index in [1.54, 1.807) is 24.3 Å². The minimum Gasteiger partial charge on any atom is -0.478 e. The van der Waals surface area contributed by atoms with Gasteiger partial charge in [-0.15, -0.1) is 0 Å². The number of aryl methyl sites for hydroxylation is 1. The SMILES string of the molecule is Cc1nc(N)ccc1-c1cccc(C(=O)O)c1. The Balaban J connectivity index is 2.53. The van der Waals surface area contributed by atoms with Gasteiger partial charge in [0.05, 0.1) is 5.56 Å². The Morgan fingerprint density at radius 1 is 1.29 bits per heavy atom. The lowest BCUT2D eigenvalue weighted by atomic mass is 10.0. The van der Waals surface area contributed by atoms with Crippen LogP contribution in [-0.4, -0.2) is 16.1 Å². The molecule has 3 N–H and O–H groups in total. The highest BCUT2D eigenvalue weighted by molar-refractivity contribution is 5.89. The fourth-order valence-electron chi connectivity index (χ4n) is 1.71. The van der Waals surface area contributed by atoms with Crippen molar-refractivity contribution >= 4 is 11.8 Å². The van der Waals surface area contributed by atoms with Crippen LogP contribution in [0, 0.1) is 6.92 Å². The standard InChI is InChI=1S/C13H12N2O2/c1-8-11(5-6-12(14)15-8)9-3-2-4-10(7-9)13(16)17/h2-7H,1H3,(H2,14,15)(H,16,17). The smallest absolute Gasteiger partial charge is 0.335 e. The summed E-state index contributed by atoms with van der Waals surface area (Å²) < 4.78 is 0. The Morgan fingerprint density at radius 3 is 2.71 bits per heavy atom. The molecule has 0 saturated heterocycles. The third kappa shape index (κ3) is 2.25. The summed E-state index contributed by atoms with van der Waals surface area (Å²) in [5.74, 6) is -0.478. The molecule has 0 atom stereocenters. The molecule has 0 aliphatic rings. The summed E-state index contributed by atoms with van der Waals surface area (Å²) in [5, 5.41) is 8.93. The first-order valence-electron chi connectivity index (χ1n) is 5.15. The normalized spacial score (nSPS) is 10.2.